The van der Waals surface area contributed by atoms with Crippen LogP contribution in [0, 0.1) is 0 Å². The number of para-hydroxylation sites is 1. The molecule has 9 nitrogen and oxygen atoms in total. The molecule has 5 rings (SSSR count). The van der Waals surface area contributed by atoms with Gasteiger partial charge in [0.15, 0.2) is 0 Å². The fourth-order valence-electron chi connectivity index (χ4n) is 4.31. The molecule has 192 valence electrons. The van der Waals surface area contributed by atoms with Crippen LogP contribution in [0.5, 0.6) is 5.75 Å². The van der Waals surface area contributed by atoms with Crippen molar-refractivity contribution in [3.63, 3.8) is 0 Å². The van der Waals surface area contributed by atoms with E-state index in [2.05, 4.69) is 15.6 Å². The van der Waals surface area contributed by atoms with Crippen LogP contribution in [-0.4, -0.2) is 38.8 Å². The average Bonchev–Trinajstić information content (AvgIpc) is 3.62. The van der Waals surface area contributed by atoms with Gasteiger partial charge in [0.25, 0.3) is 0 Å². The molecule has 38 heavy (non-hydrogen) atoms. The summed E-state index contributed by atoms with van der Waals surface area (Å²) in [6.45, 7) is 0.295. The fourth-order valence-corrected chi connectivity index (χ4v) is 4.31. The van der Waals surface area contributed by atoms with Gasteiger partial charge in [0.2, 0.25) is 11.8 Å². The topological polar surface area (TPSA) is 102 Å². The van der Waals surface area contributed by atoms with Gasteiger partial charge in [-0.3, -0.25) is 9.59 Å². The van der Waals surface area contributed by atoms with Crippen molar-refractivity contribution in [3.8, 4) is 5.75 Å². The number of amides is 2. The molecule has 5 aromatic rings. The first-order valence-electron chi connectivity index (χ1n) is 12.2. The third-order valence-electron chi connectivity index (χ3n) is 6.21. The van der Waals surface area contributed by atoms with Gasteiger partial charge in [-0.2, -0.15) is 0 Å². The van der Waals surface area contributed by atoms with Crippen LogP contribution in [0.25, 0.3) is 11.0 Å². The van der Waals surface area contributed by atoms with E-state index in [0.717, 1.165) is 11.1 Å². The SMILES string of the molecule is COc1cccc([C@@H](C(=O)NCc2ccccc2)N(Cc2ccco2)C(=O)Cn2nnc3ccccc32)c1. The Hall–Kier alpha value is -4.92. The number of carbonyl (C=O) groups is 2. The van der Waals surface area contributed by atoms with Crippen molar-refractivity contribution in [2.75, 3.05) is 7.11 Å². The van der Waals surface area contributed by atoms with Crippen LogP contribution < -0.4 is 10.1 Å². The molecule has 0 radical (unpaired) electrons. The van der Waals surface area contributed by atoms with E-state index in [1.165, 1.54) is 9.58 Å². The van der Waals surface area contributed by atoms with Crippen LogP contribution in [0.15, 0.2) is 102 Å². The van der Waals surface area contributed by atoms with Crippen molar-refractivity contribution < 1.29 is 18.7 Å². The van der Waals surface area contributed by atoms with Gasteiger partial charge >= 0.3 is 0 Å². The summed E-state index contributed by atoms with van der Waals surface area (Å²) in [5.74, 6) is 0.478. The maximum Gasteiger partial charge on any atom is 0.247 e. The molecule has 2 heterocycles. The summed E-state index contributed by atoms with van der Waals surface area (Å²) in [6.07, 6.45) is 1.54. The number of rotatable bonds is 10. The Bertz CT molecular complexity index is 1510. The molecule has 2 aromatic heterocycles. The molecule has 0 aliphatic carbocycles. The van der Waals surface area contributed by atoms with Gasteiger partial charge in [0.05, 0.1) is 25.4 Å². The summed E-state index contributed by atoms with van der Waals surface area (Å²) in [5.41, 5.74) is 2.97. The molecule has 1 N–H and O–H groups in total. The molecule has 1 atom stereocenters. The van der Waals surface area contributed by atoms with Crippen LogP contribution in [0.4, 0.5) is 0 Å². The minimum atomic E-state index is -0.957. The van der Waals surface area contributed by atoms with Crippen LogP contribution in [0.3, 0.4) is 0 Å². The number of hydrogen-bond acceptors (Lipinski definition) is 6. The Morgan fingerprint density at radius 1 is 1.00 bits per heavy atom. The Morgan fingerprint density at radius 3 is 2.61 bits per heavy atom. The third-order valence-corrected chi connectivity index (χ3v) is 6.21. The summed E-state index contributed by atoms with van der Waals surface area (Å²) < 4.78 is 12.5. The van der Waals surface area contributed by atoms with Crippen molar-refractivity contribution in [1.29, 1.82) is 0 Å². The summed E-state index contributed by atoms with van der Waals surface area (Å²) >= 11 is 0. The highest BCUT2D eigenvalue weighted by molar-refractivity contribution is 5.89. The van der Waals surface area contributed by atoms with Gasteiger partial charge in [0, 0.05) is 6.54 Å². The van der Waals surface area contributed by atoms with Crippen molar-refractivity contribution in [1.82, 2.24) is 25.2 Å². The first-order chi connectivity index (χ1) is 18.6. The van der Waals surface area contributed by atoms with Crippen molar-refractivity contribution >= 4 is 22.8 Å². The maximum atomic E-state index is 13.9. The Kier molecular flexibility index (Phi) is 7.44. The number of hydrogen-bond donors (Lipinski definition) is 1. The third kappa shape index (κ3) is 5.57. The molecule has 0 saturated carbocycles. The van der Waals surface area contributed by atoms with Crippen molar-refractivity contribution in [3.05, 3.63) is 114 Å². The molecule has 0 aliphatic heterocycles. The monoisotopic (exact) mass is 509 g/mol. The van der Waals surface area contributed by atoms with Crippen LogP contribution >= 0.6 is 0 Å². The first-order valence-corrected chi connectivity index (χ1v) is 12.2. The van der Waals surface area contributed by atoms with E-state index in [1.807, 2.05) is 60.7 Å². The van der Waals surface area contributed by atoms with Gasteiger partial charge in [-0.25, -0.2) is 4.68 Å². The summed E-state index contributed by atoms with van der Waals surface area (Å²) in [5, 5.41) is 11.3. The fraction of sp³-hybridized carbons (Fsp3) is 0.172. The van der Waals surface area contributed by atoms with E-state index in [1.54, 1.807) is 43.7 Å². The highest BCUT2D eigenvalue weighted by Gasteiger charge is 2.33. The zero-order chi connectivity index (χ0) is 26.3. The molecular formula is C29H27N5O4. The Balaban J connectivity index is 1.51. The molecule has 0 unspecified atom stereocenters. The Labute approximate surface area is 219 Å². The van der Waals surface area contributed by atoms with Crippen molar-refractivity contribution in [2.24, 2.45) is 0 Å². The second-order valence-corrected chi connectivity index (χ2v) is 8.72. The molecule has 0 fully saturated rings. The second kappa shape index (κ2) is 11.4. The number of nitrogens with zero attached hydrogens (tertiary/aromatic N) is 4. The van der Waals surface area contributed by atoms with Gasteiger partial charge in [-0.05, 0) is 47.5 Å². The van der Waals surface area contributed by atoms with Gasteiger partial charge in [0.1, 0.15) is 29.6 Å². The molecule has 2 amide bonds. The van der Waals surface area contributed by atoms with Gasteiger partial charge in [-0.15, -0.1) is 5.10 Å². The zero-order valence-corrected chi connectivity index (χ0v) is 20.9. The van der Waals surface area contributed by atoms with E-state index in [4.69, 9.17) is 9.15 Å². The number of methoxy groups -OCH3 is 1. The molecule has 0 bridgehead atoms. The summed E-state index contributed by atoms with van der Waals surface area (Å²) in [4.78, 5) is 29.2. The van der Waals surface area contributed by atoms with Crippen LogP contribution in [0.1, 0.15) is 22.9 Å². The number of carbonyl (C=O) groups excluding carboxylic acids is 2. The predicted octanol–water partition coefficient (Wildman–Crippen LogP) is 4.12. The molecule has 3 aromatic carbocycles. The smallest absolute Gasteiger partial charge is 0.247 e. The number of benzene rings is 3. The zero-order valence-electron chi connectivity index (χ0n) is 20.9. The minimum absolute atomic E-state index is 0.0824. The first kappa shape index (κ1) is 24.8. The molecule has 0 spiro atoms. The lowest BCUT2D eigenvalue weighted by atomic mass is 10.0. The summed E-state index contributed by atoms with van der Waals surface area (Å²) in [6, 6.07) is 26.8. The average molecular weight is 510 g/mol. The molecular weight excluding hydrogens is 482 g/mol. The number of fused-ring (bicyclic) bond motifs is 1. The second-order valence-electron chi connectivity index (χ2n) is 8.72. The molecule has 0 aliphatic rings. The predicted molar refractivity (Wildman–Crippen MR) is 141 cm³/mol. The van der Waals surface area contributed by atoms with Gasteiger partial charge < -0.3 is 19.4 Å². The number of aromatic nitrogens is 3. The number of ether oxygens (including phenoxy) is 1. The highest BCUT2D eigenvalue weighted by atomic mass is 16.5. The molecule has 0 saturated heterocycles. The van der Waals surface area contributed by atoms with E-state index in [9.17, 15) is 9.59 Å². The largest absolute Gasteiger partial charge is 0.497 e. The minimum Gasteiger partial charge on any atom is -0.497 e. The van der Waals surface area contributed by atoms with E-state index >= 15 is 0 Å². The van der Waals surface area contributed by atoms with Crippen molar-refractivity contribution in [2.45, 2.75) is 25.7 Å². The van der Waals surface area contributed by atoms with Crippen LogP contribution in [0.2, 0.25) is 0 Å². The number of furan rings is 1. The lowest BCUT2D eigenvalue weighted by Crippen LogP contribution is -2.44. The Morgan fingerprint density at radius 2 is 1.82 bits per heavy atom. The standard InChI is InChI=1S/C29H27N5O4/c1-37-23-12-7-11-22(17-23)28(29(36)30-18-21-9-3-2-4-10-21)33(19-24-13-8-16-38-24)27(35)20-34-26-15-6-5-14-25(26)31-32-34/h2-17,28H,18-20H2,1H3,(H,30,36)/t28-/m0/s1. The normalized spacial score (nSPS) is 11.7. The highest BCUT2D eigenvalue weighted by Crippen LogP contribution is 2.28. The van der Waals surface area contributed by atoms with E-state index in [-0.39, 0.29) is 24.9 Å². The van der Waals surface area contributed by atoms with E-state index in [0.29, 0.717) is 29.1 Å². The van der Waals surface area contributed by atoms with E-state index < -0.39 is 6.04 Å². The maximum absolute atomic E-state index is 13.9. The lowest BCUT2D eigenvalue weighted by Gasteiger charge is -2.31. The van der Waals surface area contributed by atoms with Gasteiger partial charge in [-0.1, -0.05) is 59.8 Å². The summed E-state index contributed by atoms with van der Waals surface area (Å²) in [7, 11) is 1.56. The number of nitrogens with one attached hydrogen (secondary N) is 1. The quantitative estimate of drug-likeness (QED) is 0.304. The van der Waals surface area contributed by atoms with Crippen LogP contribution in [-0.2, 0) is 29.2 Å². The lowest BCUT2D eigenvalue weighted by molar-refractivity contribution is -0.142. The molecule has 9 heteroatoms.